The van der Waals surface area contributed by atoms with Gasteiger partial charge in [0.15, 0.2) is 6.10 Å². The number of nitrogens with one attached hydrogen (secondary N) is 1. The van der Waals surface area contributed by atoms with Crippen LogP contribution in [-0.2, 0) is 28.7 Å². The molecule has 1 aromatic heterocycles. The Labute approximate surface area is 287 Å². The van der Waals surface area contributed by atoms with E-state index in [0.717, 1.165) is 38.5 Å². The van der Waals surface area contributed by atoms with Crippen LogP contribution in [0.3, 0.4) is 0 Å². The minimum absolute atomic E-state index is 0.0127. The van der Waals surface area contributed by atoms with Gasteiger partial charge in [-0.2, -0.15) is 0 Å². The highest BCUT2D eigenvalue weighted by Gasteiger charge is 2.40. The van der Waals surface area contributed by atoms with Crippen LogP contribution < -0.4 is 5.32 Å². The van der Waals surface area contributed by atoms with E-state index >= 15 is 0 Å². The van der Waals surface area contributed by atoms with Crippen LogP contribution >= 0.6 is 0 Å². The Bertz CT molecular complexity index is 1170. The van der Waals surface area contributed by atoms with Crippen LogP contribution in [0.25, 0.3) is 0 Å². The molecular formula is C38H56N2O8. The van der Waals surface area contributed by atoms with E-state index in [1.165, 1.54) is 12.3 Å². The number of carboxylic acids is 1. The van der Waals surface area contributed by atoms with E-state index < -0.39 is 35.3 Å². The lowest BCUT2D eigenvalue weighted by Gasteiger charge is -2.32. The summed E-state index contributed by atoms with van der Waals surface area (Å²) >= 11 is 0. The molecule has 0 aliphatic rings. The van der Waals surface area contributed by atoms with E-state index in [1.807, 2.05) is 26.7 Å². The Morgan fingerprint density at radius 1 is 0.875 bits per heavy atom. The first-order valence-corrected chi connectivity index (χ1v) is 16.5. The molecule has 1 amide bonds. The van der Waals surface area contributed by atoms with E-state index in [9.17, 15) is 19.2 Å². The maximum absolute atomic E-state index is 12.9. The molecule has 1 unspecified atom stereocenters. The number of hydrogen-bond donors (Lipinski definition) is 2. The number of carboxylic acid groups (broad SMARTS) is 1. The predicted octanol–water partition coefficient (Wildman–Crippen LogP) is 7.53. The van der Waals surface area contributed by atoms with Crippen molar-refractivity contribution in [3.8, 4) is 0 Å². The first-order chi connectivity index (χ1) is 23.2. The summed E-state index contributed by atoms with van der Waals surface area (Å²) in [6.45, 7) is 11.1. The van der Waals surface area contributed by atoms with Crippen LogP contribution in [0.4, 0.5) is 0 Å². The molecule has 1 rings (SSSR count). The largest absolute Gasteiger partial charge is 0.481 e. The van der Waals surface area contributed by atoms with Gasteiger partial charge in [-0.05, 0) is 57.1 Å². The Morgan fingerprint density at radius 2 is 1.42 bits per heavy atom. The summed E-state index contributed by atoms with van der Waals surface area (Å²) in [6, 6.07) is 4.70. The van der Waals surface area contributed by atoms with Gasteiger partial charge in [-0.1, -0.05) is 101 Å². The molecule has 0 aromatic carbocycles. The highest BCUT2D eigenvalue weighted by molar-refractivity contribution is 5.91. The van der Waals surface area contributed by atoms with Gasteiger partial charge in [-0.25, -0.2) is 9.78 Å². The Morgan fingerprint density at radius 3 is 1.92 bits per heavy atom. The molecular weight excluding hydrogens is 612 g/mol. The van der Waals surface area contributed by atoms with Gasteiger partial charge >= 0.3 is 17.9 Å². The molecule has 48 heavy (non-hydrogen) atoms. The summed E-state index contributed by atoms with van der Waals surface area (Å²) in [4.78, 5) is 60.6. The lowest BCUT2D eigenvalue weighted by molar-refractivity contribution is -0.153. The number of nitrogens with zero attached hydrogens (tertiary/aromatic N) is 1. The van der Waals surface area contributed by atoms with Gasteiger partial charge in [0.2, 0.25) is 0 Å². The van der Waals surface area contributed by atoms with Gasteiger partial charge in [0.05, 0.1) is 6.42 Å². The van der Waals surface area contributed by atoms with Crippen molar-refractivity contribution >= 4 is 30.6 Å². The van der Waals surface area contributed by atoms with Gasteiger partial charge < -0.3 is 24.7 Å². The monoisotopic (exact) mass is 668 g/mol. The standard InChI is InChI=1S/C35H48N2O7.C2H6.CH2O/c1-4-5-6-7-8-9-10-11-12-13-14-15-16-17-18-19-20-24-31(40)43-28-35(2,3)32(33(41)37-27-25-30(38)39)44-34(42)29-23-21-22-26-36-29;2*1-2/h5-6,8-9,11-12,14-15,17-18,21-23,26,32H,4,7,10,13,16,19-20,24-25,27-28H2,1-3H3,(H,37,41)(H,38,39);1-2H3;1H2/b6-5-,9-8-,12-11-,15-14-,18-17-;;. The number of rotatable bonds is 22. The van der Waals surface area contributed by atoms with Crippen LogP contribution in [0.15, 0.2) is 85.2 Å². The smallest absolute Gasteiger partial charge is 0.357 e. The third-order valence-electron chi connectivity index (χ3n) is 6.20. The van der Waals surface area contributed by atoms with Gasteiger partial charge in [-0.15, -0.1) is 0 Å². The fourth-order valence-corrected chi connectivity index (χ4v) is 3.75. The summed E-state index contributed by atoms with van der Waals surface area (Å²) in [5.74, 6) is -3.01. The van der Waals surface area contributed by atoms with Gasteiger partial charge in [0, 0.05) is 24.6 Å². The van der Waals surface area contributed by atoms with E-state index in [4.69, 9.17) is 19.4 Å². The number of ether oxygens (including phenoxy) is 2. The molecule has 2 N–H and O–H groups in total. The SMILES string of the molecule is C=O.CC.CC/C=C\C/C=C\C/C=C\C/C=C\C/C=C\CCCC(=O)OCC(C)(C)C(OC(=O)c1ccccn1)C(=O)NCCC(=O)O. The van der Waals surface area contributed by atoms with E-state index in [1.54, 1.807) is 26.0 Å². The fourth-order valence-electron chi connectivity index (χ4n) is 3.75. The summed E-state index contributed by atoms with van der Waals surface area (Å²) < 4.78 is 10.9. The molecule has 1 aromatic rings. The zero-order valence-electron chi connectivity index (χ0n) is 29.4. The average Bonchev–Trinajstić information content (AvgIpc) is 3.09. The van der Waals surface area contributed by atoms with E-state index in [0.29, 0.717) is 6.42 Å². The molecule has 0 fully saturated rings. The van der Waals surface area contributed by atoms with Crippen molar-refractivity contribution in [1.29, 1.82) is 0 Å². The highest BCUT2D eigenvalue weighted by atomic mass is 16.6. The van der Waals surface area contributed by atoms with Crippen molar-refractivity contribution in [2.24, 2.45) is 5.41 Å². The van der Waals surface area contributed by atoms with Crippen molar-refractivity contribution in [3.05, 3.63) is 90.9 Å². The molecule has 0 radical (unpaired) electrons. The third kappa shape index (κ3) is 24.6. The summed E-state index contributed by atoms with van der Waals surface area (Å²) in [7, 11) is 0. The normalized spacial score (nSPS) is 12.0. The zero-order chi connectivity index (χ0) is 36.5. The number of aromatic nitrogens is 1. The van der Waals surface area contributed by atoms with Crippen LogP contribution in [0.2, 0.25) is 0 Å². The summed E-state index contributed by atoms with van der Waals surface area (Å²) in [6.07, 6.45) is 27.4. The Balaban J connectivity index is 0. The van der Waals surface area contributed by atoms with E-state index in [2.05, 4.69) is 71.9 Å². The molecule has 0 spiro atoms. The van der Waals surface area contributed by atoms with Gasteiger partial charge in [0.25, 0.3) is 5.91 Å². The molecule has 0 aliphatic heterocycles. The molecule has 1 heterocycles. The molecule has 1 atom stereocenters. The van der Waals surface area contributed by atoms with Crippen molar-refractivity contribution in [3.63, 3.8) is 0 Å². The second-order valence-corrected chi connectivity index (χ2v) is 10.7. The van der Waals surface area contributed by atoms with Crippen LogP contribution in [0, 0.1) is 5.41 Å². The molecule has 0 aliphatic carbocycles. The van der Waals surface area contributed by atoms with Crippen LogP contribution in [0.1, 0.15) is 103 Å². The minimum Gasteiger partial charge on any atom is -0.481 e. The first-order valence-electron chi connectivity index (χ1n) is 16.5. The topological polar surface area (TPSA) is 149 Å². The Kier molecular flexibility index (Phi) is 29.4. The average molecular weight is 669 g/mol. The summed E-state index contributed by atoms with van der Waals surface area (Å²) in [5.41, 5.74) is -1.09. The number of allylic oxidation sites excluding steroid dienone is 10. The number of aliphatic carboxylic acids is 1. The van der Waals surface area contributed by atoms with E-state index in [-0.39, 0.29) is 31.7 Å². The van der Waals surface area contributed by atoms with Crippen molar-refractivity contribution in [1.82, 2.24) is 10.3 Å². The number of pyridine rings is 1. The maximum Gasteiger partial charge on any atom is 0.357 e. The predicted molar refractivity (Wildman–Crippen MR) is 190 cm³/mol. The number of carbonyl (C=O) groups is 5. The lowest BCUT2D eigenvalue weighted by atomic mass is 9.86. The van der Waals surface area contributed by atoms with Crippen LogP contribution in [-0.4, -0.2) is 60.0 Å². The second-order valence-electron chi connectivity index (χ2n) is 10.7. The fraction of sp³-hybridized carbons (Fsp3) is 0.474. The van der Waals surface area contributed by atoms with Gasteiger partial charge in [-0.3, -0.25) is 14.4 Å². The molecule has 10 nitrogen and oxygen atoms in total. The van der Waals surface area contributed by atoms with Gasteiger partial charge in [0.1, 0.15) is 19.1 Å². The molecule has 0 bridgehead atoms. The Hall–Kier alpha value is -4.60. The van der Waals surface area contributed by atoms with Crippen molar-refractivity contribution < 1.29 is 38.6 Å². The van der Waals surface area contributed by atoms with Crippen molar-refractivity contribution in [2.75, 3.05) is 13.2 Å². The first kappa shape index (κ1) is 45.5. The number of carbonyl (C=O) groups excluding carboxylic acids is 4. The quantitative estimate of drug-likeness (QED) is 0.0726. The number of esters is 2. The van der Waals surface area contributed by atoms with Crippen LogP contribution in [0.5, 0.6) is 0 Å². The molecule has 0 saturated carbocycles. The molecule has 10 heteroatoms. The molecule has 0 saturated heterocycles. The molecule has 266 valence electrons. The maximum atomic E-state index is 12.9. The summed E-state index contributed by atoms with van der Waals surface area (Å²) in [5, 5.41) is 11.3. The minimum atomic E-state index is -1.35. The lowest BCUT2D eigenvalue weighted by Crippen LogP contribution is -2.49. The van der Waals surface area contributed by atoms with Crippen molar-refractivity contribution in [2.45, 2.75) is 98.5 Å². The third-order valence-corrected chi connectivity index (χ3v) is 6.20. The zero-order valence-corrected chi connectivity index (χ0v) is 29.4. The number of unbranched alkanes of at least 4 members (excludes halogenated alkanes) is 1. The number of amides is 1. The highest BCUT2D eigenvalue weighted by Crippen LogP contribution is 2.26. The number of hydrogen-bond acceptors (Lipinski definition) is 8. The second kappa shape index (κ2) is 31.0.